The van der Waals surface area contributed by atoms with Crippen LogP contribution in [0.15, 0.2) is 41.5 Å². The first-order valence-corrected chi connectivity index (χ1v) is 10.3. The second-order valence-corrected chi connectivity index (χ2v) is 7.94. The predicted molar refractivity (Wildman–Crippen MR) is 120 cm³/mol. The van der Waals surface area contributed by atoms with Crippen LogP contribution in [-0.4, -0.2) is 24.2 Å². The number of carbonyl (C=O) groups excluding carboxylic acids is 1. The number of rotatable bonds is 7. The van der Waals surface area contributed by atoms with E-state index in [0.717, 1.165) is 16.9 Å². The SMILES string of the molecule is COc1cccc(/C=N\NC(=O)c2sc(N)nc2C)c1OCc1ccc(Cl)cc1Cl. The molecule has 10 heteroatoms. The molecular formula is C20H18Cl2N4O3S. The summed E-state index contributed by atoms with van der Waals surface area (Å²) < 4.78 is 11.3. The lowest BCUT2D eigenvalue weighted by Crippen LogP contribution is -2.17. The Morgan fingerprint density at radius 3 is 2.80 bits per heavy atom. The number of amides is 1. The molecule has 7 nitrogen and oxygen atoms in total. The number of para-hydroxylation sites is 1. The maximum Gasteiger partial charge on any atom is 0.283 e. The van der Waals surface area contributed by atoms with Crippen LogP contribution in [0.4, 0.5) is 5.13 Å². The zero-order chi connectivity index (χ0) is 21.7. The fourth-order valence-electron chi connectivity index (χ4n) is 2.58. The van der Waals surface area contributed by atoms with E-state index in [1.54, 1.807) is 43.3 Å². The molecule has 30 heavy (non-hydrogen) atoms. The van der Waals surface area contributed by atoms with E-state index in [2.05, 4.69) is 15.5 Å². The van der Waals surface area contributed by atoms with E-state index in [1.807, 2.05) is 0 Å². The number of nitrogens with zero attached hydrogens (tertiary/aromatic N) is 2. The van der Waals surface area contributed by atoms with Gasteiger partial charge in [0.1, 0.15) is 11.5 Å². The highest BCUT2D eigenvalue weighted by Crippen LogP contribution is 2.32. The van der Waals surface area contributed by atoms with E-state index in [9.17, 15) is 4.79 Å². The number of nitrogen functional groups attached to an aromatic ring is 1. The number of benzene rings is 2. The number of hydrogen-bond acceptors (Lipinski definition) is 7. The minimum absolute atomic E-state index is 0.197. The van der Waals surface area contributed by atoms with Gasteiger partial charge in [0.15, 0.2) is 16.6 Å². The molecule has 3 N–H and O–H groups in total. The molecular weight excluding hydrogens is 447 g/mol. The van der Waals surface area contributed by atoms with Gasteiger partial charge in [-0.2, -0.15) is 5.10 Å². The van der Waals surface area contributed by atoms with E-state index >= 15 is 0 Å². The van der Waals surface area contributed by atoms with Crippen molar-refractivity contribution >= 4 is 51.8 Å². The molecule has 1 amide bonds. The molecule has 0 unspecified atom stereocenters. The summed E-state index contributed by atoms with van der Waals surface area (Å²) in [7, 11) is 1.54. The van der Waals surface area contributed by atoms with Gasteiger partial charge in [-0.05, 0) is 31.2 Å². The molecule has 2 aromatic carbocycles. The molecule has 0 spiro atoms. The molecule has 1 heterocycles. The van der Waals surface area contributed by atoms with Crippen LogP contribution in [0.5, 0.6) is 11.5 Å². The number of nitrogens with two attached hydrogens (primary N) is 1. The second-order valence-electron chi connectivity index (χ2n) is 6.07. The van der Waals surface area contributed by atoms with E-state index < -0.39 is 5.91 Å². The normalized spacial score (nSPS) is 10.9. The van der Waals surface area contributed by atoms with Crippen LogP contribution < -0.4 is 20.6 Å². The van der Waals surface area contributed by atoms with Crippen molar-refractivity contribution in [3.05, 3.63) is 68.1 Å². The molecule has 0 fully saturated rings. The zero-order valence-corrected chi connectivity index (χ0v) is 18.4. The molecule has 0 aliphatic rings. The largest absolute Gasteiger partial charge is 0.493 e. The molecule has 3 rings (SSSR count). The molecule has 3 aromatic rings. The quantitative estimate of drug-likeness (QED) is 0.390. The Kier molecular flexibility index (Phi) is 7.15. The van der Waals surface area contributed by atoms with Gasteiger partial charge in [0.2, 0.25) is 0 Å². The average molecular weight is 465 g/mol. The van der Waals surface area contributed by atoms with Crippen molar-refractivity contribution in [2.75, 3.05) is 12.8 Å². The van der Waals surface area contributed by atoms with Crippen molar-refractivity contribution in [2.24, 2.45) is 5.10 Å². The summed E-state index contributed by atoms with van der Waals surface area (Å²) in [4.78, 5) is 16.7. The van der Waals surface area contributed by atoms with Gasteiger partial charge in [-0.25, -0.2) is 10.4 Å². The van der Waals surface area contributed by atoms with E-state index in [-0.39, 0.29) is 6.61 Å². The van der Waals surface area contributed by atoms with Crippen molar-refractivity contribution in [2.45, 2.75) is 13.5 Å². The monoisotopic (exact) mass is 464 g/mol. The molecule has 0 saturated carbocycles. The number of thiazole rings is 1. The van der Waals surface area contributed by atoms with Crippen LogP contribution in [0.2, 0.25) is 10.0 Å². The maximum atomic E-state index is 12.3. The Morgan fingerprint density at radius 2 is 2.13 bits per heavy atom. The van der Waals surface area contributed by atoms with Crippen LogP contribution in [0, 0.1) is 6.92 Å². The first kappa shape index (κ1) is 21.9. The molecule has 0 radical (unpaired) electrons. The zero-order valence-electron chi connectivity index (χ0n) is 16.1. The summed E-state index contributed by atoms with van der Waals surface area (Å²) >= 11 is 13.3. The lowest BCUT2D eigenvalue weighted by Gasteiger charge is -2.14. The number of carbonyl (C=O) groups is 1. The lowest BCUT2D eigenvalue weighted by atomic mass is 10.2. The first-order chi connectivity index (χ1) is 14.4. The van der Waals surface area contributed by atoms with Gasteiger partial charge >= 0.3 is 0 Å². The second kappa shape index (κ2) is 9.80. The number of anilines is 1. The highest BCUT2D eigenvalue weighted by atomic mass is 35.5. The highest BCUT2D eigenvalue weighted by molar-refractivity contribution is 7.17. The van der Waals surface area contributed by atoms with Crippen LogP contribution in [0.1, 0.15) is 26.5 Å². The Labute approximate surface area is 187 Å². The van der Waals surface area contributed by atoms with Crippen LogP contribution in [-0.2, 0) is 6.61 Å². The van der Waals surface area contributed by atoms with Crippen LogP contribution in [0.3, 0.4) is 0 Å². The number of methoxy groups -OCH3 is 1. The highest BCUT2D eigenvalue weighted by Gasteiger charge is 2.14. The molecule has 0 saturated heterocycles. The first-order valence-electron chi connectivity index (χ1n) is 8.69. The summed E-state index contributed by atoms with van der Waals surface area (Å²) in [5.41, 5.74) is 10.0. The van der Waals surface area contributed by atoms with Crippen molar-refractivity contribution in [1.29, 1.82) is 0 Å². The Morgan fingerprint density at radius 1 is 1.33 bits per heavy atom. The fourth-order valence-corrected chi connectivity index (χ4v) is 3.76. The molecule has 156 valence electrons. The van der Waals surface area contributed by atoms with Gasteiger partial charge in [0, 0.05) is 21.2 Å². The fraction of sp³-hybridized carbons (Fsp3) is 0.150. The Hall–Kier alpha value is -2.81. The number of ether oxygens (including phenoxy) is 2. The Bertz CT molecular complexity index is 1100. The minimum atomic E-state index is -0.392. The third-order valence-electron chi connectivity index (χ3n) is 4.01. The van der Waals surface area contributed by atoms with E-state index in [4.69, 9.17) is 38.4 Å². The number of hydrogen-bond donors (Lipinski definition) is 2. The van der Waals surface area contributed by atoms with Crippen LogP contribution >= 0.6 is 34.5 Å². The molecule has 0 bridgehead atoms. The minimum Gasteiger partial charge on any atom is -0.493 e. The van der Waals surface area contributed by atoms with Crippen LogP contribution in [0.25, 0.3) is 0 Å². The van der Waals surface area contributed by atoms with Gasteiger partial charge < -0.3 is 15.2 Å². The topological polar surface area (TPSA) is 98.8 Å². The lowest BCUT2D eigenvalue weighted by molar-refractivity contribution is 0.0958. The standard InChI is InChI=1S/C20H18Cl2N4O3S/c1-11-18(30-20(23)25-11)19(27)26-24-9-12-4-3-5-16(28-2)17(12)29-10-13-6-7-14(21)8-15(13)22/h3-9H,10H2,1-2H3,(H2,23,25)(H,26,27)/b24-9-. The van der Waals surface area contributed by atoms with Gasteiger partial charge in [0.05, 0.1) is 19.0 Å². The molecule has 1 aromatic heterocycles. The van der Waals surface area contributed by atoms with Gasteiger partial charge in [-0.15, -0.1) is 0 Å². The molecule has 0 aliphatic heterocycles. The van der Waals surface area contributed by atoms with Crippen molar-refractivity contribution in [3.63, 3.8) is 0 Å². The summed E-state index contributed by atoms with van der Waals surface area (Å²) in [6, 6.07) is 10.5. The van der Waals surface area contributed by atoms with Crippen molar-refractivity contribution in [1.82, 2.24) is 10.4 Å². The average Bonchev–Trinajstić information content (AvgIpc) is 3.05. The number of hydrazone groups is 1. The number of aryl methyl sites for hydroxylation is 1. The molecule has 0 atom stereocenters. The van der Waals surface area contributed by atoms with Gasteiger partial charge in [-0.3, -0.25) is 4.79 Å². The number of aromatic nitrogens is 1. The summed E-state index contributed by atoms with van der Waals surface area (Å²) in [5.74, 6) is 0.583. The smallest absolute Gasteiger partial charge is 0.283 e. The van der Waals surface area contributed by atoms with E-state index in [1.165, 1.54) is 13.3 Å². The summed E-state index contributed by atoms with van der Waals surface area (Å²) in [6.07, 6.45) is 1.47. The third kappa shape index (κ3) is 5.21. The predicted octanol–water partition coefficient (Wildman–Crippen LogP) is 4.69. The Balaban J connectivity index is 1.77. The number of halogens is 2. The number of nitrogens with one attached hydrogen (secondary N) is 1. The van der Waals surface area contributed by atoms with Gasteiger partial charge in [0.25, 0.3) is 5.91 Å². The van der Waals surface area contributed by atoms with E-state index in [0.29, 0.717) is 42.8 Å². The third-order valence-corrected chi connectivity index (χ3v) is 5.58. The van der Waals surface area contributed by atoms with Crippen molar-refractivity contribution in [3.8, 4) is 11.5 Å². The summed E-state index contributed by atoms with van der Waals surface area (Å²) in [6.45, 7) is 1.91. The maximum absolute atomic E-state index is 12.3. The van der Waals surface area contributed by atoms with Crippen molar-refractivity contribution < 1.29 is 14.3 Å². The van der Waals surface area contributed by atoms with Gasteiger partial charge in [-0.1, -0.05) is 46.7 Å². The molecule has 0 aliphatic carbocycles. The summed E-state index contributed by atoms with van der Waals surface area (Å²) in [5, 5.41) is 5.39.